The summed E-state index contributed by atoms with van der Waals surface area (Å²) >= 11 is 6.14. The second kappa shape index (κ2) is 6.10. The van der Waals surface area contributed by atoms with Gasteiger partial charge >= 0.3 is 0 Å². The highest BCUT2D eigenvalue weighted by atomic mass is 35.5. The third-order valence-corrected chi connectivity index (χ3v) is 3.92. The van der Waals surface area contributed by atoms with Crippen molar-refractivity contribution in [3.8, 4) is 0 Å². The molecule has 1 fully saturated rings. The highest BCUT2D eigenvalue weighted by Crippen LogP contribution is 2.35. The number of likely N-dealkylation sites (tertiary alicyclic amines) is 1. The van der Waals surface area contributed by atoms with Crippen molar-refractivity contribution in [2.75, 3.05) is 6.54 Å². The lowest BCUT2D eigenvalue weighted by atomic mass is 9.89. The van der Waals surface area contributed by atoms with Crippen molar-refractivity contribution in [3.05, 3.63) is 34.6 Å². The Morgan fingerprint density at radius 3 is 2.80 bits per heavy atom. The maximum absolute atomic E-state index is 13.2. The average Bonchev–Trinajstić information content (AvgIpc) is 2.35. The van der Waals surface area contributed by atoms with Crippen LogP contribution in [0.25, 0.3) is 0 Å². The van der Waals surface area contributed by atoms with E-state index in [0.717, 1.165) is 5.56 Å². The van der Waals surface area contributed by atoms with Crippen molar-refractivity contribution in [1.82, 2.24) is 4.90 Å². The van der Waals surface area contributed by atoms with Gasteiger partial charge in [0.05, 0.1) is 6.04 Å². The predicted octanol–water partition coefficient (Wildman–Crippen LogP) is 3.13. The molecule has 1 heterocycles. The molecular weight excluding hydrogens is 279 g/mol. The second-order valence-electron chi connectivity index (χ2n) is 5.75. The van der Waals surface area contributed by atoms with Crippen molar-refractivity contribution in [2.45, 2.75) is 38.8 Å². The lowest BCUT2D eigenvalue weighted by molar-refractivity contribution is -0.138. The lowest BCUT2D eigenvalue weighted by Crippen LogP contribution is -2.50. The van der Waals surface area contributed by atoms with Gasteiger partial charge in [-0.1, -0.05) is 31.5 Å². The molecule has 2 N–H and O–H groups in total. The number of rotatable bonds is 3. The van der Waals surface area contributed by atoms with Crippen LogP contribution in [0.3, 0.4) is 0 Å². The number of carbonyl (C=O) groups is 1. The van der Waals surface area contributed by atoms with Crippen LogP contribution in [0.1, 0.15) is 38.3 Å². The van der Waals surface area contributed by atoms with Crippen LogP contribution in [-0.2, 0) is 4.79 Å². The average molecular weight is 299 g/mol. The van der Waals surface area contributed by atoms with Gasteiger partial charge in [0.25, 0.3) is 0 Å². The van der Waals surface area contributed by atoms with E-state index in [1.54, 1.807) is 11.0 Å². The molecule has 1 aliphatic rings. The lowest BCUT2D eigenvalue weighted by Gasteiger charge is -2.41. The molecule has 1 aliphatic heterocycles. The van der Waals surface area contributed by atoms with Gasteiger partial charge < -0.3 is 10.6 Å². The molecule has 2 rings (SSSR count). The van der Waals surface area contributed by atoms with Crippen LogP contribution < -0.4 is 5.73 Å². The topological polar surface area (TPSA) is 46.3 Å². The number of benzene rings is 1. The quantitative estimate of drug-likeness (QED) is 0.932. The molecule has 0 aliphatic carbocycles. The van der Waals surface area contributed by atoms with Gasteiger partial charge in [-0.25, -0.2) is 4.39 Å². The van der Waals surface area contributed by atoms with Gasteiger partial charge in [0.2, 0.25) is 5.91 Å². The van der Waals surface area contributed by atoms with E-state index in [1.807, 2.05) is 0 Å². The molecule has 110 valence electrons. The molecule has 0 saturated carbocycles. The Balaban J connectivity index is 2.39. The number of nitrogens with two attached hydrogens (primary N) is 1. The molecule has 0 bridgehead atoms. The van der Waals surface area contributed by atoms with Crippen molar-refractivity contribution in [3.63, 3.8) is 0 Å². The summed E-state index contributed by atoms with van der Waals surface area (Å²) in [6.07, 6.45) is 1.09. The zero-order chi connectivity index (χ0) is 14.9. The first-order chi connectivity index (χ1) is 9.40. The Bertz CT molecular complexity index is 507. The first kappa shape index (κ1) is 15.3. The number of halogens is 2. The summed E-state index contributed by atoms with van der Waals surface area (Å²) in [4.78, 5) is 14.0. The van der Waals surface area contributed by atoms with E-state index in [4.69, 9.17) is 17.3 Å². The smallest absolute Gasteiger partial charge is 0.223 e. The molecule has 0 aromatic heterocycles. The molecule has 0 spiro atoms. The summed E-state index contributed by atoms with van der Waals surface area (Å²) in [5.74, 6) is 0.0432. The molecule has 1 aromatic carbocycles. The maximum Gasteiger partial charge on any atom is 0.223 e. The molecule has 20 heavy (non-hydrogen) atoms. The monoisotopic (exact) mass is 298 g/mol. The summed E-state index contributed by atoms with van der Waals surface area (Å²) in [6, 6.07) is 3.83. The second-order valence-corrected chi connectivity index (χ2v) is 6.16. The third kappa shape index (κ3) is 3.13. The molecule has 2 atom stereocenters. The molecule has 3 nitrogen and oxygen atoms in total. The summed E-state index contributed by atoms with van der Waals surface area (Å²) in [5.41, 5.74) is 6.93. The minimum absolute atomic E-state index is 0.0887. The van der Waals surface area contributed by atoms with Crippen LogP contribution in [-0.4, -0.2) is 23.4 Å². The Morgan fingerprint density at radius 2 is 2.20 bits per heavy atom. The fourth-order valence-electron chi connectivity index (χ4n) is 2.73. The van der Waals surface area contributed by atoms with E-state index in [-0.39, 0.29) is 23.8 Å². The summed E-state index contributed by atoms with van der Waals surface area (Å²) in [6.45, 7) is 4.73. The van der Waals surface area contributed by atoms with Crippen LogP contribution in [0.5, 0.6) is 0 Å². The molecule has 2 unspecified atom stereocenters. The summed E-state index contributed by atoms with van der Waals surface area (Å²) in [7, 11) is 0. The van der Waals surface area contributed by atoms with Crippen molar-refractivity contribution in [1.29, 1.82) is 0 Å². The normalized spacial score (nSPS) is 23.5. The number of piperidine rings is 1. The molecule has 0 radical (unpaired) electrons. The van der Waals surface area contributed by atoms with Crippen LogP contribution in [0.4, 0.5) is 4.39 Å². The third-order valence-electron chi connectivity index (χ3n) is 3.60. The molecule has 1 aromatic rings. The van der Waals surface area contributed by atoms with E-state index in [1.165, 1.54) is 12.1 Å². The Hall–Kier alpha value is -1.13. The van der Waals surface area contributed by atoms with E-state index < -0.39 is 0 Å². The first-order valence-electron chi connectivity index (χ1n) is 6.90. The van der Waals surface area contributed by atoms with Gasteiger partial charge in [0, 0.05) is 24.0 Å². The summed E-state index contributed by atoms with van der Waals surface area (Å²) < 4.78 is 13.2. The minimum atomic E-state index is -0.384. The molecule has 5 heteroatoms. The van der Waals surface area contributed by atoms with Crippen LogP contribution in [0.2, 0.25) is 5.02 Å². The van der Waals surface area contributed by atoms with E-state index >= 15 is 0 Å². The summed E-state index contributed by atoms with van der Waals surface area (Å²) in [5, 5.41) is 0.328. The number of hydrogen-bond donors (Lipinski definition) is 1. The Labute approximate surface area is 123 Å². The van der Waals surface area contributed by atoms with E-state index in [2.05, 4.69) is 13.8 Å². The number of carbonyl (C=O) groups excluding carboxylic acids is 1. The van der Waals surface area contributed by atoms with Gasteiger partial charge in [-0.05, 0) is 30.0 Å². The van der Waals surface area contributed by atoms with Crippen molar-refractivity contribution >= 4 is 17.5 Å². The SMILES string of the molecule is CC(C)CN1C(=O)CCC(N)C1c1ccc(F)cc1Cl. The minimum Gasteiger partial charge on any atom is -0.334 e. The van der Waals surface area contributed by atoms with Gasteiger partial charge in [-0.15, -0.1) is 0 Å². The van der Waals surface area contributed by atoms with Crippen LogP contribution in [0.15, 0.2) is 18.2 Å². The first-order valence-corrected chi connectivity index (χ1v) is 7.28. The maximum atomic E-state index is 13.2. The number of nitrogens with zero attached hydrogens (tertiary/aromatic N) is 1. The Kier molecular flexibility index (Phi) is 4.66. The van der Waals surface area contributed by atoms with Crippen LogP contribution in [0, 0.1) is 11.7 Å². The van der Waals surface area contributed by atoms with Gasteiger partial charge in [-0.3, -0.25) is 4.79 Å². The molecular formula is C15H20ClFN2O. The highest BCUT2D eigenvalue weighted by Gasteiger charge is 2.36. The van der Waals surface area contributed by atoms with Crippen LogP contribution >= 0.6 is 11.6 Å². The van der Waals surface area contributed by atoms with Crippen molar-refractivity contribution < 1.29 is 9.18 Å². The van der Waals surface area contributed by atoms with Gasteiger partial charge in [-0.2, -0.15) is 0 Å². The van der Waals surface area contributed by atoms with E-state index in [0.29, 0.717) is 30.3 Å². The number of amides is 1. The van der Waals surface area contributed by atoms with Gasteiger partial charge in [0.1, 0.15) is 5.82 Å². The molecule has 1 amide bonds. The predicted molar refractivity (Wildman–Crippen MR) is 77.9 cm³/mol. The fraction of sp³-hybridized carbons (Fsp3) is 0.533. The van der Waals surface area contributed by atoms with Gasteiger partial charge in [0.15, 0.2) is 0 Å². The molecule has 1 saturated heterocycles. The van der Waals surface area contributed by atoms with E-state index in [9.17, 15) is 9.18 Å². The largest absolute Gasteiger partial charge is 0.334 e. The highest BCUT2D eigenvalue weighted by molar-refractivity contribution is 6.31. The number of hydrogen-bond acceptors (Lipinski definition) is 2. The Morgan fingerprint density at radius 1 is 1.50 bits per heavy atom. The zero-order valence-corrected chi connectivity index (χ0v) is 12.5. The fourth-order valence-corrected chi connectivity index (χ4v) is 3.01. The zero-order valence-electron chi connectivity index (χ0n) is 11.8. The standard InChI is InChI=1S/C15H20ClFN2O/c1-9(2)8-19-14(20)6-5-13(18)15(19)11-4-3-10(17)7-12(11)16/h3-4,7,9,13,15H,5-6,8,18H2,1-2H3. The van der Waals surface area contributed by atoms with Crippen molar-refractivity contribution in [2.24, 2.45) is 11.7 Å².